The summed E-state index contributed by atoms with van der Waals surface area (Å²) in [6.45, 7) is 9.05. The van der Waals surface area contributed by atoms with E-state index < -0.39 is 5.60 Å². The van der Waals surface area contributed by atoms with Crippen LogP contribution in [0.5, 0.6) is 0 Å². The van der Waals surface area contributed by atoms with Gasteiger partial charge in [-0.3, -0.25) is 4.99 Å². The molecule has 8 heteroatoms. The SMILES string of the molecule is CC(C)(C)OC(=O)N1CCN2C(NCc3ccccc3-n3ccnc3)=NCC2C1. The Hall–Kier alpha value is -3.03. The number of rotatable bonds is 3. The molecule has 29 heavy (non-hydrogen) atoms. The third-order valence-corrected chi connectivity index (χ3v) is 5.07. The van der Waals surface area contributed by atoms with Crippen LogP contribution in [-0.2, 0) is 11.3 Å². The zero-order chi connectivity index (χ0) is 20.4. The number of benzene rings is 1. The second kappa shape index (κ2) is 7.77. The van der Waals surface area contributed by atoms with E-state index in [2.05, 4.69) is 32.3 Å². The minimum Gasteiger partial charge on any atom is -0.444 e. The Balaban J connectivity index is 1.36. The number of hydrogen-bond donors (Lipinski definition) is 1. The highest BCUT2D eigenvalue weighted by Crippen LogP contribution is 2.19. The number of piperazine rings is 1. The molecule has 1 N–H and O–H groups in total. The number of ether oxygens (including phenoxy) is 1. The van der Waals surface area contributed by atoms with E-state index in [4.69, 9.17) is 4.74 Å². The van der Waals surface area contributed by atoms with Crippen molar-refractivity contribution in [1.29, 1.82) is 0 Å². The summed E-state index contributed by atoms with van der Waals surface area (Å²) in [7, 11) is 0. The average Bonchev–Trinajstić information content (AvgIpc) is 3.35. The molecule has 1 unspecified atom stereocenters. The van der Waals surface area contributed by atoms with Gasteiger partial charge in [0.25, 0.3) is 0 Å². The van der Waals surface area contributed by atoms with Crippen LogP contribution in [0.25, 0.3) is 5.69 Å². The number of carbonyl (C=O) groups is 1. The molecule has 4 rings (SSSR count). The van der Waals surface area contributed by atoms with Gasteiger partial charge in [0.15, 0.2) is 5.96 Å². The standard InChI is InChI=1S/C21H28N6O2/c1-21(2,3)29-20(28)25-10-11-27-17(14-25)13-24-19(27)23-12-16-6-4-5-7-18(16)26-9-8-22-15-26/h4-9,15,17H,10-14H2,1-3H3,(H,23,24). The molecule has 2 aromatic rings. The first-order valence-electron chi connectivity index (χ1n) is 10.00. The van der Waals surface area contributed by atoms with Crippen molar-refractivity contribution in [3.63, 3.8) is 0 Å². The van der Waals surface area contributed by atoms with Gasteiger partial charge in [-0.15, -0.1) is 0 Å². The molecule has 3 heterocycles. The van der Waals surface area contributed by atoms with E-state index in [1.165, 1.54) is 5.56 Å². The molecular weight excluding hydrogens is 368 g/mol. The third kappa shape index (κ3) is 4.36. The van der Waals surface area contributed by atoms with Gasteiger partial charge < -0.3 is 24.4 Å². The fourth-order valence-corrected chi connectivity index (χ4v) is 3.71. The van der Waals surface area contributed by atoms with Crippen LogP contribution in [-0.4, -0.2) is 69.2 Å². The Labute approximate surface area is 171 Å². The van der Waals surface area contributed by atoms with Crippen LogP contribution in [0.1, 0.15) is 26.3 Å². The number of nitrogens with zero attached hydrogens (tertiary/aromatic N) is 5. The second-order valence-electron chi connectivity index (χ2n) is 8.39. The summed E-state index contributed by atoms with van der Waals surface area (Å²) in [6, 6.07) is 8.45. The van der Waals surface area contributed by atoms with Gasteiger partial charge in [0.2, 0.25) is 0 Å². The lowest BCUT2D eigenvalue weighted by Gasteiger charge is -2.39. The van der Waals surface area contributed by atoms with Crippen LogP contribution in [0.4, 0.5) is 4.79 Å². The fourth-order valence-electron chi connectivity index (χ4n) is 3.71. The van der Waals surface area contributed by atoms with E-state index >= 15 is 0 Å². The molecule has 1 saturated heterocycles. The molecule has 2 aliphatic rings. The van der Waals surface area contributed by atoms with Gasteiger partial charge in [-0.25, -0.2) is 9.78 Å². The lowest BCUT2D eigenvalue weighted by Crippen LogP contribution is -2.57. The number of carbonyl (C=O) groups excluding carboxylic acids is 1. The van der Waals surface area contributed by atoms with E-state index in [0.29, 0.717) is 26.2 Å². The van der Waals surface area contributed by atoms with Crippen molar-refractivity contribution in [1.82, 2.24) is 24.7 Å². The first-order valence-corrected chi connectivity index (χ1v) is 10.00. The summed E-state index contributed by atoms with van der Waals surface area (Å²) < 4.78 is 7.52. The Morgan fingerprint density at radius 1 is 1.28 bits per heavy atom. The van der Waals surface area contributed by atoms with E-state index in [0.717, 1.165) is 18.2 Å². The molecule has 0 saturated carbocycles. The van der Waals surface area contributed by atoms with Gasteiger partial charge in [-0.05, 0) is 32.4 Å². The van der Waals surface area contributed by atoms with Crippen molar-refractivity contribution in [3.8, 4) is 5.69 Å². The highest BCUT2D eigenvalue weighted by atomic mass is 16.6. The highest BCUT2D eigenvalue weighted by molar-refractivity contribution is 5.82. The molecule has 154 valence electrons. The Morgan fingerprint density at radius 2 is 2.10 bits per heavy atom. The predicted molar refractivity (Wildman–Crippen MR) is 111 cm³/mol. The van der Waals surface area contributed by atoms with E-state index in [-0.39, 0.29) is 12.1 Å². The van der Waals surface area contributed by atoms with Crippen LogP contribution in [0, 0.1) is 0 Å². The van der Waals surface area contributed by atoms with Crippen LogP contribution < -0.4 is 5.32 Å². The molecule has 0 bridgehead atoms. The zero-order valence-electron chi connectivity index (χ0n) is 17.2. The summed E-state index contributed by atoms with van der Waals surface area (Å²) in [5, 5.41) is 3.49. The number of guanidine groups is 1. The number of para-hydroxylation sites is 1. The van der Waals surface area contributed by atoms with Gasteiger partial charge in [0.1, 0.15) is 5.60 Å². The number of nitrogens with one attached hydrogen (secondary N) is 1. The number of aliphatic imine (C=N–C) groups is 1. The molecular formula is C21H28N6O2. The monoisotopic (exact) mass is 396 g/mol. The minimum atomic E-state index is -0.476. The lowest BCUT2D eigenvalue weighted by molar-refractivity contribution is 0.0137. The van der Waals surface area contributed by atoms with E-state index in [9.17, 15) is 4.79 Å². The molecule has 1 fully saturated rings. The predicted octanol–water partition coefficient (Wildman–Crippen LogP) is 2.25. The van der Waals surface area contributed by atoms with Crippen LogP contribution in [0.2, 0.25) is 0 Å². The van der Waals surface area contributed by atoms with Crippen LogP contribution in [0.3, 0.4) is 0 Å². The number of amides is 1. The maximum atomic E-state index is 12.4. The lowest BCUT2D eigenvalue weighted by atomic mass is 10.1. The van der Waals surface area contributed by atoms with Crippen LogP contribution in [0.15, 0.2) is 48.0 Å². The fraction of sp³-hybridized carbons (Fsp3) is 0.476. The number of fused-ring (bicyclic) bond motifs is 1. The van der Waals surface area contributed by atoms with E-state index in [1.807, 2.05) is 43.7 Å². The van der Waals surface area contributed by atoms with Gasteiger partial charge in [0.05, 0.1) is 24.6 Å². The molecule has 8 nitrogen and oxygen atoms in total. The quantitative estimate of drug-likeness (QED) is 0.861. The molecule has 1 aromatic carbocycles. The summed E-state index contributed by atoms with van der Waals surface area (Å²) >= 11 is 0. The first-order chi connectivity index (χ1) is 13.9. The maximum absolute atomic E-state index is 12.4. The Morgan fingerprint density at radius 3 is 2.86 bits per heavy atom. The van der Waals surface area contributed by atoms with Gasteiger partial charge in [-0.2, -0.15) is 0 Å². The van der Waals surface area contributed by atoms with Crippen molar-refractivity contribution in [3.05, 3.63) is 48.5 Å². The normalized spacial score (nSPS) is 19.0. The highest BCUT2D eigenvalue weighted by Gasteiger charge is 2.36. The zero-order valence-corrected chi connectivity index (χ0v) is 17.2. The maximum Gasteiger partial charge on any atom is 0.410 e. The van der Waals surface area contributed by atoms with E-state index in [1.54, 1.807) is 17.4 Å². The molecule has 1 atom stereocenters. The van der Waals surface area contributed by atoms with Crippen molar-refractivity contribution in [2.45, 2.75) is 39.0 Å². The molecule has 1 amide bonds. The van der Waals surface area contributed by atoms with Gasteiger partial charge in [0, 0.05) is 38.6 Å². The minimum absolute atomic E-state index is 0.197. The molecule has 0 aliphatic carbocycles. The smallest absolute Gasteiger partial charge is 0.410 e. The summed E-state index contributed by atoms with van der Waals surface area (Å²) in [6.07, 6.45) is 5.28. The molecule has 0 spiro atoms. The van der Waals surface area contributed by atoms with Crippen molar-refractivity contribution in [2.24, 2.45) is 4.99 Å². The Bertz CT molecular complexity index is 887. The second-order valence-corrected chi connectivity index (χ2v) is 8.39. The number of hydrogen-bond acceptors (Lipinski definition) is 6. The van der Waals surface area contributed by atoms with Crippen molar-refractivity contribution < 1.29 is 9.53 Å². The third-order valence-electron chi connectivity index (χ3n) is 5.07. The van der Waals surface area contributed by atoms with Crippen molar-refractivity contribution >= 4 is 12.1 Å². The molecule has 0 radical (unpaired) electrons. The topological polar surface area (TPSA) is 75.0 Å². The number of imidazole rings is 1. The first kappa shape index (κ1) is 19.3. The molecule has 2 aliphatic heterocycles. The number of aromatic nitrogens is 2. The van der Waals surface area contributed by atoms with Gasteiger partial charge >= 0.3 is 6.09 Å². The summed E-state index contributed by atoms with van der Waals surface area (Å²) in [4.78, 5) is 25.3. The summed E-state index contributed by atoms with van der Waals surface area (Å²) in [5.41, 5.74) is 1.79. The molecule has 1 aromatic heterocycles. The largest absolute Gasteiger partial charge is 0.444 e. The van der Waals surface area contributed by atoms with Crippen LogP contribution >= 0.6 is 0 Å². The Kier molecular flexibility index (Phi) is 5.17. The van der Waals surface area contributed by atoms with Gasteiger partial charge in [-0.1, -0.05) is 18.2 Å². The van der Waals surface area contributed by atoms with Crippen molar-refractivity contribution in [2.75, 3.05) is 26.2 Å². The average molecular weight is 396 g/mol. The summed E-state index contributed by atoms with van der Waals surface area (Å²) in [5.74, 6) is 0.902.